The van der Waals surface area contributed by atoms with Crippen molar-refractivity contribution in [1.82, 2.24) is 9.78 Å². The Morgan fingerprint density at radius 3 is 2.37 bits per heavy atom. The van der Waals surface area contributed by atoms with Crippen molar-refractivity contribution < 1.29 is 13.5 Å². The van der Waals surface area contributed by atoms with E-state index in [-0.39, 0.29) is 16.6 Å². The molecule has 1 aromatic carbocycles. The third kappa shape index (κ3) is 2.67. The maximum absolute atomic E-state index is 12.8. The Labute approximate surface area is 118 Å². The van der Waals surface area contributed by atoms with E-state index in [9.17, 15) is 8.78 Å². The monoisotopic (exact) mass is 306 g/mol. The number of methoxy groups -OCH3 is 1. The molecular formula is C12H10Cl2F2N2O. The zero-order valence-electron chi connectivity index (χ0n) is 9.91. The zero-order valence-corrected chi connectivity index (χ0v) is 11.4. The van der Waals surface area contributed by atoms with Gasteiger partial charge in [0, 0.05) is 5.56 Å². The van der Waals surface area contributed by atoms with Crippen LogP contribution in [0.25, 0.3) is 5.69 Å². The minimum atomic E-state index is -2.72. The van der Waals surface area contributed by atoms with Crippen molar-refractivity contribution in [3.63, 3.8) is 0 Å². The van der Waals surface area contributed by atoms with Crippen molar-refractivity contribution in [2.24, 2.45) is 0 Å². The van der Waals surface area contributed by atoms with Crippen LogP contribution in [0.1, 0.15) is 17.7 Å². The Kier molecular flexibility index (Phi) is 4.27. The van der Waals surface area contributed by atoms with Crippen molar-refractivity contribution >= 4 is 23.2 Å². The second-order valence-electron chi connectivity index (χ2n) is 3.70. The Hall–Kier alpha value is -1.33. The van der Waals surface area contributed by atoms with Crippen molar-refractivity contribution in [3.8, 4) is 11.4 Å². The highest BCUT2D eigenvalue weighted by molar-refractivity contribution is 6.31. The topological polar surface area (TPSA) is 27.1 Å². The molecule has 0 saturated heterocycles. The lowest BCUT2D eigenvalue weighted by molar-refractivity contribution is 0.144. The fraction of sp³-hybridized carbons (Fsp3) is 0.250. The van der Waals surface area contributed by atoms with Crippen LogP contribution in [0, 0.1) is 0 Å². The normalized spacial score (nSPS) is 11.1. The SMILES string of the molecule is COc1ccc(-n2nc(C(F)F)c(CCl)c2Cl)cc1. The van der Waals surface area contributed by atoms with Crippen molar-refractivity contribution in [2.75, 3.05) is 7.11 Å². The number of hydrogen-bond donors (Lipinski definition) is 0. The molecule has 0 fully saturated rings. The molecule has 1 aromatic heterocycles. The molecule has 0 radical (unpaired) electrons. The number of hydrogen-bond acceptors (Lipinski definition) is 2. The lowest BCUT2D eigenvalue weighted by Crippen LogP contribution is -1.97. The van der Waals surface area contributed by atoms with Crippen LogP contribution in [0.15, 0.2) is 24.3 Å². The van der Waals surface area contributed by atoms with Gasteiger partial charge < -0.3 is 4.74 Å². The van der Waals surface area contributed by atoms with E-state index in [1.807, 2.05) is 0 Å². The second kappa shape index (κ2) is 5.75. The number of halogens is 4. The van der Waals surface area contributed by atoms with Gasteiger partial charge in [0.15, 0.2) is 0 Å². The highest BCUT2D eigenvalue weighted by Gasteiger charge is 2.23. The van der Waals surface area contributed by atoms with Crippen LogP contribution < -0.4 is 4.74 Å². The number of alkyl halides is 3. The third-order valence-corrected chi connectivity index (χ3v) is 3.26. The molecule has 2 rings (SSSR count). The van der Waals surface area contributed by atoms with Crippen LogP contribution in [0.5, 0.6) is 5.75 Å². The fourth-order valence-corrected chi connectivity index (χ4v) is 2.27. The van der Waals surface area contributed by atoms with Crippen molar-refractivity contribution in [1.29, 1.82) is 0 Å². The Morgan fingerprint density at radius 1 is 1.32 bits per heavy atom. The molecule has 0 atom stereocenters. The molecule has 19 heavy (non-hydrogen) atoms. The molecule has 0 bridgehead atoms. The number of benzene rings is 1. The third-order valence-electron chi connectivity index (χ3n) is 2.61. The summed E-state index contributed by atoms with van der Waals surface area (Å²) in [5.74, 6) is 0.535. The molecule has 0 aliphatic carbocycles. The van der Waals surface area contributed by atoms with E-state index >= 15 is 0 Å². The Balaban J connectivity index is 2.49. The van der Waals surface area contributed by atoms with Gasteiger partial charge in [0.25, 0.3) is 6.43 Å². The molecule has 1 heterocycles. The van der Waals surface area contributed by atoms with Crippen LogP contribution in [0.4, 0.5) is 8.78 Å². The molecule has 0 N–H and O–H groups in total. The van der Waals surface area contributed by atoms with E-state index in [1.54, 1.807) is 24.3 Å². The van der Waals surface area contributed by atoms with Gasteiger partial charge in [-0.15, -0.1) is 11.6 Å². The number of ether oxygens (including phenoxy) is 1. The quantitative estimate of drug-likeness (QED) is 0.791. The zero-order chi connectivity index (χ0) is 14.0. The molecule has 0 aliphatic rings. The molecule has 0 saturated carbocycles. The van der Waals surface area contributed by atoms with Gasteiger partial charge in [0.05, 0.1) is 18.7 Å². The van der Waals surface area contributed by atoms with Crippen LogP contribution in [0.3, 0.4) is 0 Å². The first-order valence-corrected chi connectivity index (χ1v) is 6.25. The number of nitrogens with zero attached hydrogens (tertiary/aromatic N) is 2. The van der Waals surface area contributed by atoms with E-state index in [1.165, 1.54) is 11.8 Å². The summed E-state index contributed by atoms with van der Waals surface area (Å²) in [6.07, 6.45) is -2.72. The average molecular weight is 307 g/mol. The average Bonchev–Trinajstić information content (AvgIpc) is 2.76. The lowest BCUT2D eigenvalue weighted by atomic mass is 10.3. The summed E-state index contributed by atoms with van der Waals surface area (Å²) in [5.41, 5.74) is 0.314. The molecule has 7 heteroatoms. The molecule has 0 spiro atoms. The summed E-state index contributed by atoms with van der Waals surface area (Å²) in [4.78, 5) is 0. The van der Waals surface area contributed by atoms with Crippen LogP contribution in [-0.4, -0.2) is 16.9 Å². The minimum absolute atomic E-state index is 0.0930. The molecule has 3 nitrogen and oxygen atoms in total. The summed E-state index contributed by atoms with van der Waals surface area (Å²) in [6, 6.07) is 6.72. The van der Waals surface area contributed by atoms with E-state index < -0.39 is 12.1 Å². The summed E-state index contributed by atoms with van der Waals surface area (Å²) in [6.45, 7) is 0. The standard InChI is InChI=1S/C12H10Cl2F2N2O/c1-19-8-4-2-7(3-5-8)18-11(14)9(6-13)10(17-18)12(15)16/h2-5,12H,6H2,1H3. The first-order chi connectivity index (χ1) is 9.08. The van der Waals surface area contributed by atoms with Gasteiger partial charge in [0.1, 0.15) is 16.6 Å². The molecular weight excluding hydrogens is 297 g/mol. The summed E-state index contributed by atoms with van der Waals surface area (Å²) in [5, 5.41) is 3.91. The molecule has 0 amide bonds. The van der Waals surface area contributed by atoms with Crippen molar-refractivity contribution in [2.45, 2.75) is 12.3 Å². The minimum Gasteiger partial charge on any atom is -0.497 e. The van der Waals surface area contributed by atoms with E-state index in [0.717, 1.165) is 0 Å². The smallest absolute Gasteiger partial charge is 0.282 e. The molecule has 0 aliphatic heterocycles. The largest absolute Gasteiger partial charge is 0.497 e. The first kappa shape index (κ1) is 14.1. The fourth-order valence-electron chi connectivity index (χ4n) is 1.64. The number of aromatic nitrogens is 2. The summed E-state index contributed by atoms with van der Waals surface area (Å²) < 4.78 is 31.9. The van der Waals surface area contributed by atoms with Gasteiger partial charge in [-0.2, -0.15) is 5.10 Å². The van der Waals surface area contributed by atoms with Gasteiger partial charge in [-0.3, -0.25) is 0 Å². The highest BCUT2D eigenvalue weighted by atomic mass is 35.5. The first-order valence-electron chi connectivity index (χ1n) is 5.34. The number of rotatable bonds is 4. The molecule has 0 unspecified atom stereocenters. The van der Waals surface area contributed by atoms with Gasteiger partial charge in [0.2, 0.25) is 0 Å². The van der Waals surface area contributed by atoms with Gasteiger partial charge >= 0.3 is 0 Å². The van der Waals surface area contributed by atoms with E-state index in [2.05, 4.69) is 5.10 Å². The van der Waals surface area contributed by atoms with Crippen LogP contribution in [0.2, 0.25) is 5.15 Å². The van der Waals surface area contributed by atoms with Crippen LogP contribution >= 0.6 is 23.2 Å². The van der Waals surface area contributed by atoms with Gasteiger partial charge in [-0.05, 0) is 24.3 Å². The molecule has 2 aromatic rings. The predicted octanol–water partition coefficient (Wildman–Crippen LogP) is 4.21. The maximum atomic E-state index is 12.8. The van der Waals surface area contributed by atoms with E-state index in [0.29, 0.717) is 11.4 Å². The summed E-state index contributed by atoms with van der Waals surface area (Å²) in [7, 11) is 1.54. The van der Waals surface area contributed by atoms with Crippen LogP contribution in [-0.2, 0) is 5.88 Å². The Bertz CT molecular complexity index is 570. The van der Waals surface area contributed by atoms with Gasteiger partial charge in [-0.1, -0.05) is 11.6 Å². The lowest BCUT2D eigenvalue weighted by Gasteiger charge is -2.04. The second-order valence-corrected chi connectivity index (χ2v) is 4.32. The molecule has 102 valence electrons. The Morgan fingerprint density at radius 2 is 1.95 bits per heavy atom. The van der Waals surface area contributed by atoms with Crippen molar-refractivity contribution in [3.05, 3.63) is 40.7 Å². The van der Waals surface area contributed by atoms with E-state index in [4.69, 9.17) is 27.9 Å². The highest BCUT2D eigenvalue weighted by Crippen LogP contribution is 2.31. The predicted molar refractivity (Wildman–Crippen MR) is 69.6 cm³/mol. The maximum Gasteiger partial charge on any atom is 0.282 e. The van der Waals surface area contributed by atoms with Gasteiger partial charge in [-0.25, -0.2) is 13.5 Å². The summed E-state index contributed by atoms with van der Waals surface area (Å²) >= 11 is 11.7.